The highest BCUT2D eigenvalue weighted by Crippen LogP contribution is 2.35. The molecule has 37 heavy (non-hydrogen) atoms. The van der Waals surface area contributed by atoms with Gasteiger partial charge in [-0.05, 0) is 71.9 Å². The lowest BCUT2D eigenvalue weighted by molar-refractivity contribution is -0.122. The van der Waals surface area contributed by atoms with E-state index >= 15 is 0 Å². The van der Waals surface area contributed by atoms with E-state index in [1.54, 1.807) is 29.4 Å². The van der Waals surface area contributed by atoms with Gasteiger partial charge in [-0.2, -0.15) is 0 Å². The first kappa shape index (κ1) is 24.1. The van der Waals surface area contributed by atoms with E-state index in [4.69, 9.17) is 14.1 Å². The Hall–Kier alpha value is -4.56. The molecule has 0 unspecified atom stereocenters. The lowest BCUT2D eigenvalue weighted by Crippen LogP contribution is -2.28. The van der Waals surface area contributed by atoms with Crippen LogP contribution in [0.3, 0.4) is 0 Å². The standard InChI is InChI=1S/C29H23N3O4S/c33-27(30-22-8-3-1-4-9-22)20-36-24-15-13-21(14-16-24)18-26-28(34)32(19-25-12-7-17-35-25)29(37-26)31-23-10-5-2-6-11-23/h1-18H,19-20H2,(H,30,33)/b26-18-,31-29?. The number of amides is 2. The maximum atomic E-state index is 13.3. The molecule has 1 N–H and O–H groups in total. The third kappa shape index (κ3) is 6.36. The number of nitrogens with zero attached hydrogens (tertiary/aromatic N) is 2. The minimum atomic E-state index is -0.243. The van der Waals surface area contributed by atoms with Crippen molar-refractivity contribution in [3.63, 3.8) is 0 Å². The average Bonchev–Trinajstić information content (AvgIpc) is 3.54. The van der Waals surface area contributed by atoms with Crippen molar-refractivity contribution in [1.82, 2.24) is 4.90 Å². The van der Waals surface area contributed by atoms with E-state index in [1.807, 2.05) is 84.9 Å². The van der Waals surface area contributed by atoms with Gasteiger partial charge < -0.3 is 14.5 Å². The number of carbonyl (C=O) groups excluding carboxylic acids is 2. The second kappa shape index (κ2) is 11.5. The molecule has 3 aromatic carbocycles. The minimum absolute atomic E-state index is 0.106. The van der Waals surface area contributed by atoms with Gasteiger partial charge in [0.05, 0.1) is 23.4 Å². The van der Waals surface area contributed by atoms with Crippen LogP contribution < -0.4 is 10.1 Å². The first-order chi connectivity index (χ1) is 18.1. The van der Waals surface area contributed by atoms with Crippen molar-refractivity contribution in [3.05, 3.63) is 120 Å². The fourth-order valence-corrected chi connectivity index (χ4v) is 4.58. The Morgan fingerprint density at radius 1 is 0.946 bits per heavy atom. The summed E-state index contributed by atoms with van der Waals surface area (Å²) in [6.45, 7) is 0.185. The summed E-state index contributed by atoms with van der Waals surface area (Å²) in [5, 5.41) is 3.37. The molecule has 7 nitrogen and oxygen atoms in total. The molecule has 1 aliphatic rings. The lowest BCUT2D eigenvalue weighted by atomic mass is 10.2. The van der Waals surface area contributed by atoms with Gasteiger partial charge in [-0.1, -0.05) is 48.5 Å². The summed E-state index contributed by atoms with van der Waals surface area (Å²) < 4.78 is 11.1. The van der Waals surface area contributed by atoms with E-state index in [2.05, 4.69) is 5.32 Å². The number of hydrogen-bond acceptors (Lipinski definition) is 6. The van der Waals surface area contributed by atoms with Gasteiger partial charge in [-0.15, -0.1) is 0 Å². The topological polar surface area (TPSA) is 84.1 Å². The molecule has 0 bridgehead atoms. The lowest BCUT2D eigenvalue weighted by Gasteiger charge is -2.13. The van der Waals surface area contributed by atoms with Crippen LogP contribution >= 0.6 is 11.8 Å². The highest BCUT2D eigenvalue weighted by atomic mass is 32.2. The van der Waals surface area contributed by atoms with Gasteiger partial charge >= 0.3 is 0 Å². The van der Waals surface area contributed by atoms with Crippen molar-refractivity contribution < 1.29 is 18.7 Å². The van der Waals surface area contributed by atoms with Gasteiger partial charge in [0.2, 0.25) is 0 Å². The number of para-hydroxylation sites is 2. The highest BCUT2D eigenvalue weighted by molar-refractivity contribution is 8.18. The predicted molar refractivity (Wildman–Crippen MR) is 145 cm³/mol. The summed E-state index contributed by atoms with van der Waals surface area (Å²) in [5.74, 6) is 0.844. The van der Waals surface area contributed by atoms with E-state index < -0.39 is 0 Å². The van der Waals surface area contributed by atoms with Crippen molar-refractivity contribution in [3.8, 4) is 5.75 Å². The second-order valence-electron chi connectivity index (χ2n) is 8.08. The second-order valence-corrected chi connectivity index (χ2v) is 9.09. The van der Waals surface area contributed by atoms with Crippen LogP contribution in [0, 0.1) is 0 Å². The molecule has 1 aromatic heterocycles. The highest BCUT2D eigenvalue weighted by Gasteiger charge is 2.34. The van der Waals surface area contributed by atoms with Crippen LogP contribution in [-0.2, 0) is 16.1 Å². The Labute approximate surface area is 218 Å². The third-order valence-electron chi connectivity index (χ3n) is 5.37. The molecule has 1 saturated heterocycles. The molecular weight excluding hydrogens is 486 g/mol. The van der Waals surface area contributed by atoms with Crippen LogP contribution in [0.15, 0.2) is 118 Å². The molecule has 1 aliphatic heterocycles. The number of thioether (sulfide) groups is 1. The summed E-state index contributed by atoms with van der Waals surface area (Å²) in [5.41, 5.74) is 2.31. The van der Waals surface area contributed by atoms with Gasteiger partial charge in [-0.3, -0.25) is 14.5 Å². The van der Waals surface area contributed by atoms with Crippen molar-refractivity contribution in [1.29, 1.82) is 0 Å². The quantitative estimate of drug-likeness (QED) is 0.290. The number of amidine groups is 1. The van der Waals surface area contributed by atoms with Crippen LogP contribution in [0.2, 0.25) is 0 Å². The monoisotopic (exact) mass is 509 g/mol. The van der Waals surface area contributed by atoms with E-state index in [9.17, 15) is 9.59 Å². The molecule has 4 aromatic rings. The summed E-state index contributed by atoms with van der Waals surface area (Å²) in [4.78, 5) is 32.3. The Morgan fingerprint density at radius 2 is 1.68 bits per heavy atom. The number of rotatable bonds is 8. The molecule has 0 saturated carbocycles. The molecule has 8 heteroatoms. The van der Waals surface area contributed by atoms with Crippen molar-refractivity contribution >= 4 is 46.2 Å². The molecule has 0 spiro atoms. The fourth-order valence-electron chi connectivity index (χ4n) is 3.58. The summed E-state index contributed by atoms with van der Waals surface area (Å²) in [6.07, 6.45) is 3.41. The van der Waals surface area contributed by atoms with E-state index in [0.29, 0.717) is 33.8 Å². The summed E-state index contributed by atoms with van der Waals surface area (Å²) in [7, 11) is 0. The normalized spacial score (nSPS) is 15.4. The number of ether oxygens (including phenoxy) is 1. The molecule has 0 radical (unpaired) electrons. The molecule has 184 valence electrons. The first-order valence-electron chi connectivity index (χ1n) is 11.6. The van der Waals surface area contributed by atoms with Gasteiger partial charge in [0.25, 0.3) is 11.8 Å². The zero-order valence-corrected chi connectivity index (χ0v) is 20.6. The molecule has 0 atom stereocenters. The van der Waals surface area contributed by atoms with Gasteiger partial charge in [0.1, 0.15) is 11.5 Å². The fraction of sp³-hybridized carbons (Fsp3) is 0.0690. The molecule has 2 amide bonds. The number of nitrogens with one attached hydrogen (secondary N) is 1. The average molecular weight is 510 g/mol. The minimum Gasteiger partial charge on any atom is -0.484 e. The zero-order chi connectivity index (χ0) is 25.5. The van der Waals surface area contributed by atoms with Gasteiger partial charge in [0.15, 0.2) is 11.8 Å². The van der Waals surface area contributed by atoms with Gasteiger partial charge in [0, 0.05) is 5.69 Å². The Kier molecular flexibility index (Phi) is 7.47. The van der Waals surface area contributed by atoms with Crippen LogP contribution in [0.4, 0.5) is 11.4 Å². The van der Waals surface area contributed by atoms with Crippen LogP contribution in [0.5, 0.6) is 5.75 Å². The van der Waals surface area contributed by atoms with Crippen LogP contribution in [0.25, 0.3) is 6.08 Å². The molecule has 5 rings (SSSR count). The van der Waals surface area contributed by atoms with E-state index in [-0.39, 0.29) is 18.4 Å². The summed E-state index contributed by atoms with van der Waals surface area (Å²) in [6, 6.07) is 29.6. The maximum absolute atomic E-state index is 13.3. The Balaban J connectivity index is 1.27. The third-order valence-corrected chi connectivity index (χ3v) is 6.38. The van der Waals surface area contributed by atoms with Crippen LogP contribution in [-0.4, -0.2) is 28.5 Å². The number of benzene rings is 3. The number of aliphatic imine (C=N–C) groups is 1. The molecule has 2 heterocycles. The van der Waals surface area contributed by atoms with Crippen molar-refractivity contribution in [2.24, 2.45) is 4.99 Å². The predicted octanol–water partition coefficient (Wildman–Crippen LogP) is 6.10. The Morgan fingerprint density at radius 3 is 2.38 bits per heavy atom. The smallest absolute Gasteiger partial charge is 0.267 e. The zero-order valence-electron chi connectivity index (χ0n) is 19.7. The first-order valence-corrected chi connectivity index (χ1v) is 12.4. The van der Waals surface area contributed by atoms with Crippen LogP contribution in [0.1, 0.15) is 11.3 Å². The number of anilines is 1. The van der Waals surface area contributed by atoms with Gasteiger partial charge in [-0.25, -0.2) is 4.99 Å². The molecule has 0 aliphatic carbocycles. The number of carbonyl (C=O) groups is 2. The van der Waals surface area contributed by atoms with E-state index in [0.717, 1.165) is 11.3 Å². The largest absolute Gasteiger partial charge is 0.484 e. The maximum Gasteiger partial charge on any atom is 0.267 e. The van der Waals surface area contributed by atoms with E-state index in [1.165, 1.54) is 11.8 Å². The number of hydrogen-bond donors (Lipinski definition) is 1. The Bertz CT molecular complexity index is 1420. The SMILES string of the molecule is O=C(COc1ccc(/C=C2\SC(=Nc3ccccc3)N(Cc3ccco3)C2=O)cc1)Nc1ccccc1. The van der Waals surface area contributed by atoms with Crippen molar-refractivity contribution in [2.75, 3.05) is 11.9 Å². The molecular formula is C29H23N3O4S. The number of furan rings is 1. The summed E-state index contributed by atoms with van der Waals surface area (Å²) >= 11 is 1.32. The molecule has 1 fully saturated rings. The van der Waals surface area contributed by atoms with Crippen molar-refractivity contribution in [2.45, 2.75) is 6.54 Å².